The molecule has 0 saturated heterocycles. The largest absolute Gasteiger partial charge is 0.468 e. The monoisotopic (exact) mass is 558 g/mol. The highest BCUT2D eigenvalue weighted by molar-refractivity contribution is 5.87. The summed E-state index contributed by atoms with van der Waals surface area (Å²) in [5, 5.41) is 0. The summed E-state index contributed by atoms with van der Waals surface area (Å²) in [7, 11) is 0. The lowest BCUT2D eigenvalue weighted by molar-refractivity contribution is -0.142. The van der Waals surface area contributed by atoms with Gasteiger partial charge in [0.1, 0.15) is 24.8 Å². The molecule has 0 bridgehead atoms. The molecule has 0 radical (unpaired) electrons. The molecule has 0 spiro atoms. The lowest BCUT2D eigenvalue weighted by Crippen LogP contribution is -2.20. The van der Waals surface area contributed by atoms with Gasteiger partial charge in [-0.15, -0.1) is 0 Å². The molecule has 0 saturated carbocycles. The number of esters is 2. The van der Waals surface area contributed by atoms with Crippen molar-refractivity contribution in [2.45, 2.75) is 26.7 Å². The van der Waals surface area contributed by atoms with Crippen LogP contribution in [-0.4, -0.2) is 38.6 Å². The van der Waals surface area contributed by atoms with Gasteiger partial charge in [-0.05, 0) is 61.2 Å². The van der Waals surface area contributed by atoms with Crippen LogP contribution in [0.3, 0.4) is 0 Å². The predicted octanol–water partition coefficient (Wildman–Crippen LogP) is 7.41. The topological polar surface area (TPSA) is 71.1 Å². The number of ether oxygens (including phenoxy) is 4. The number of carbonyl (C=O) groups excluding carboxylic acids is 2. The maximum absolute atomic E-state index is 15.2. The van der Waals surface area contributed by atoms with Crippen LogP contribution in [0.4, 0.5) is 4.39 Å². The van der Waals surface area contributed by atoms with Crippen LogP contribution in [0, 0.1) is 5.82 Å². The molecule has 0 aromatic heterocycles. The zero-order chi connectivity index (χ0) is 29.9. The van der Waals surface area contributed by atoms with Crippen molar-refractivity contribution in [3.05, 3.63) is 115 Å². The fourth-order valence-corrected chi connectivity index (χ4v) is 3.77. The van der Waals surface area contributed by atoms with E-state index >= 15 is 4.39 Å². The number of benzene rings is 3. The summed E-state index contributed by atoms with van der Waals surface area (Å²) in [6.45, 7) is 16.5. The fourth-order valence-electron chi connectivity index (χ4n) is 3.77. The van der Waals surface area contributed by atoms with Crippen LogP contribution in [0.25, 0.3) is 22.3 Å². The Hall–Kier alpha value is -4.49. The zero-order valence-electron chi connectivity index (χ0n) is 23.7. The smallest absolute Gasteiger partial charge is 0.333 e. The predicted molar refractivity (Wildman–Crippen MR) is 158 cm³/mol. The van der Waals surface area contributed by atoms with E-state index in [0.717, 1.165) is 22.3 Å². The van der Waals surface area contributed by atoms with Gasteiger partial charge in [0.2, 0.25) is 0 Å². The third-order valence-corrected chi connectivity index (χ3v) is 6.04. The number of rotatable bonds is 14. The van der Waals surface area contributed by atoms with Gasteiger partial charge in [0.25, 0.3) is 0 Å². The maximum Gasteiger partial charge on any atom is 0.333 e. The minimum Gasteiger partial charge on any atom is -0.468 e. The number of hydrogen-bond acceptors (Lipinski definition) is 6. The van der Waals surface area contributed by atoms with Crippen LogP contribution < -0.4 is 4.74 Å². The average molecular weight is 559 g/mol. The van der Waals surface area contributed by atoms with E-state index in [1.807, 2.05) is 37.3 Å². The maximum atomic E-state index is 15.2. The third kappa shape index (κ3) is 9.29. The van der Waals surface area contributed by atoms with Crippen LogP contribution in [-0.2, 0) is 23.8 Å². The third-order valence-electron chi connectivity index (χ3n) is 6.04. The molecule has 41 heavy (non-hydrogen) atoms. The first-order valence-corrected chi connectivity index (χ1v) is 13.1. The molecule has 0 aliphatic heterocycles. The Morgan fingerprint density at radius 3 is 1.80 bits per heavy atom. The Kier molecular flexibility index (Phi) is 11.2. The molecule has 214 valence electrons. The van der Waals surface area contributed by atoms with E-state index in [-0.39, 0.29) is 37.0 Å². The molecule has 6 nitrogen and oxygen atoms in total. The van der Waals surface area contributed by atoms with E-state index in [2.05, 4.69) is 19.7 Å². The van der Waals surface area contributed by atoms with E-state index in [9.17, 15) is 9.59 Å². The Morgan fingerprint density at radius 2 is 1.29 bits per heavy atom. The van der Waals surface area contributed by atoms with Crippen molar-refractivity contribution in [1.29, 1.82) is 0 Å². The van der Waals surface area contributed by atoms with Crippen LogP contribution in [0.15, 0.2) is 103 Å². The van der Waals surface area contributed by atoms with Crippen molar-refractivity contribution in [2.75, 3.05) is 26.6 Å². The fraction of sp³-hybridized carbons (Fsp3) is 0.235. The summed E-state index contributed by atoms with van der Waals surface area (Å²) < 4.78 is 36.7. The molecule has 0 aliphatic rings. The molecule has 0 N–H and O–H groups in total. The molecule has 0 atom stereocenters. The van der Waals surface area contributed by atoms with Crippen LogP contribution >= 0.6 is 0 Å². The molecule has 7 heteroatoms. The molecule has 3 aromatic carbocycles. The molecule has 0 amide bonds. The minimum absolute atomic E-state index is 0.00316. The van der Waals surface area contributed by atoms with Crippen LogP contribution in [0.5, 0.6) is 5.75 Å². The van der Waals surface area contributed by atoms with Crippen molar-refractivity contribution >= 4 is 11.9 Å². The van der Waals surface area contributed by atoms with Crippen LogP contribution in [0.2, 0.25) is 0 Å². The minimum atomic E-state index is -0.525. The first-order valence-electron chi connectivity index (χ1n) is 13.1. The summed E-state index contributed by atoms with van der Waals surface area (Å²) in [6, 6.07) is 19.6. The number of carbonyl (C=O) groups is 2. The summed E-state index contributed by atoms with van der Waals surface area (Å²) in [5.41, 5.74) is 4.94. The van der Waals surface area contributed by atoms with E-state index < -0.39 is 17.9 Å². The SMILES string of the molecule is C=C(C)COCOc1ccc(-c2ccc(-c3ccc(C(COC(=O)C(=C)C)COC(=O)C(=C)C)cc3)cc2F)cc1. The average Bonchev–Trinajstić information content (AvgIpc) is 2.95. The second kappa shape index (κ2) is 14.8. The van der Waals surface area contributed by atoms with Gasteiger partial charge in [-0.1, -0.05) is 73.8 Å². The van der Waals surface area contributed by atoms with E-state index in [4.69, 9.17) is 18.9 Å². The lowest BCUT2D eigenvalue weighted by Gasteiger charge is -2.18. The van der Waals surface area contributed by atoms with Gasteiger partial charge >= 0.3 is 11.9 Å². The van der Waals surface area contributed by atoms with Gasteiger partial charge in [0.05, 0.1) is 12.5 Å². The summed E-state index contributed by atoms with van der Waals surface area (Å²) in [5.74, 6) is -1.19. The highest BCUT2D eigenvalue weighted by Gasteiger charge is 2.18. The molecular weight excluding hydrogens is 523 g/mol. The van der Waals surface area contributed by atoms with Gasteiger partial charge in [-0.2, -0.15) is 0 Å². The Bertz CT molecular complexity index is 1380. The van der Waals surface area contributed by atoms with Gasteiger partial charge in [0, 0.05) is 16.7 Å². The van der Waals surface area contributed by atoms with Crippen LogP contribution in [0.1, 0.15) is 32.3 Å². The first kappa shape index (κ1) is 31.0. The summed E-state index contributed by atoms with van der Waals surface area (Å²) in [6.07, 6.45) is 0. The molecular formula is C34H35FO6. The van der Waals surface area contributed by atoms with Crippen molar-refractivity contribution in [3.8, 4) is 28.0 Å². The summed E-state index contributed by atoms with van der Waals surface area (Å²) in [4.78, 5) is 23.8. The van der Waals surface area contributed by atoms with E-state index in [1.165, 1.54) is 6.07 Å². The second-order valence-corrected chi connectivity index (χ2v) is 9.86. The van der Waals surface area contributed by atoms with Gasteiger partial charge in [-0.3, -0.25) is 0 Å². The van der Waals surface area contributed by atoms with Gasteiger partial charge < -0.3 is 18.9 Å². The van der Waals surface area contributed by atoms with E-state index in [1.54, 1.807) is 44.2 Å². The molecule has 3 aromatic rings. The Morgan fingerprint density at radius 1 is 0.756 bits per heavy atom. The van der Waals surface area contributed by atoms with Crippen molar-refractivity contribution in [3.63, 3.8) is 0 Å². The zero-order valence-corrected chi connectivity index (χ0v) is 23.7. The van der Waals surface area contributed by atoms with Crippen molar-refractivity contribution in [2.24, 2.45) is 0 Å². The van der Waals surface area contributed by atoms with E-state index in [0.29, 0.717) is 23.5 Å². The molecule has 0 heterocycles. The number of hydrogen-bond donors (Lipinski definition) is 0. The molecule has 3 rings (SSSR count). The Balaban J connectivity index is 1.71. The summed E-state index contributed by atoms with van der Waals surface area (Å²) >= 11 is 0. The van der Waals surface area contributed by atoms with Crippen molar-refractivity contribution < 1.29 is 32.9 Å². The molecule has 0 fully saturated rings. The highest BCUT2D eigenvalue weighted by atomic mass is 19.1. The quantitative estimate of drug-likeness (QED) is 0.0675. The molecule has 0 unspecified atom stereocenters. The number of halogens is 1. The van der Waals surface area contributed by atoms with Gasteiger partial charge in [0.15, 0.2) is 6.79 Å². The van der Waals surface area contributed by atoms with Gasteiger partial charge in [-0.25, -0.2) is 14.0 Å². The Labute approximate surface area is 240 Å². The molecule has 0 aliphatic carbocycles. The lowest BCUT2D eigenvalue weighted by atomic mass is 9.95. The second-order valence-electron chi connectivity index (χ2n) is 9.86. The normalized spacial score (nSPS) is 10.7. The van der Waals surface area contributed by atoms with Crippen molar-refractivity contribution in [1.82, 2.24) is 0 Å². The first-order chi connectivity index (χ1) is 19.5. The highest BCUT2D eigenvalue weighted by Crippen LogP contribution is 2.30. The standard InChI is InChI=1S/C34H35FO6/c1-22(2)18-38-21-41-30-14-11-27(12-15-30)31-16-13-28(17-32(31)35)25-7-9-26(10-8-25)29(19-39-33(36)23(3)4)20-40-34(37)24(5)6/h7-17,29H,1,3,5,18-21H2,2,4,6H3.